The molecule has 5 N–H and O–H groups in total. The molecule has 89 valence electrons. The first-order valence-electron chi connectivity index (χ1n) is 4.39. The van der Waals surface area contributed by atoms with E-state index in [0.29, 0.717) is 0 Å². The fourth-order valence-electron chi connectivity index (χ4n) is 0.961. The smallest absolute Gasteiger partial charge is 0.166 e. The fourth-order valence-corrected chi connectivity index (χ4v) is 0.961. The van der Waals surface area contributed by atoms with E-state index in [0.717, 1.165) is 0 Å². The van der Waals surface area contributed by atoms with Gasteiger partial charge in [-0.1, -0.05) is 0 Å². The molecule has 0 saturated carbocycles. The molecule has 0 aliphatic heterocycles. The lowest BCUT2D eigenvalue weighted by Crippen LogP contribution is -2.48. The van der Waals surface area contributed by atoms with Crippen molar-refractivity contribution in [2.45, 2.75) is 30.8 Å². The van der Waals surface area contributed by atoms with Gasteiger partial charge in [-0.05, 0) is 0 Å². The first kappa shape index (κ1) is 14.4. The van der Waals surface area contributed by atoms with Gasteiger partial charge in [-0.25, -0.2) is 5.11 Å². The Morgan fingerprint density at radius 2 is 1.60 bits per heavy atom. The standard InChI is InChI=1S/C8H15O7/c9-2-1-4(11)6(13)8(15)7(14)5(12)3-10/h5-8,10,12-15H,1-3H2/t5-,6+,7-,8-/m1/s1. The summed E-state index contributed by atoms with van der Waals surface area (Å²) in [5.74, 6) is -0.915. The Bertz CT molecular complexity index is 195. The van der Waals surface area contributed by atoms with E-state index in [1.165, 1.54) is 0 Å². The van der Waals surface area contributed by atoms with Gasteiger partial charge in [0.1, 0.15) is 24.4 Å². The van der Waals surface area contributed by atoms with Gasteiger partial charge in [0.25, 0.3) is 0 Å². The van der Waals surface area contributed by atoms with E-state index in [-0.39, 0.29) is 0 Å². The molecule has 0 heterocycles. The third-order valence-electron chi connectivity index (χ3n) is 1.93. The van der Waals surface area contributed by atoms with Crippen molar-refractivity contribution in [2.24, 2.45) is 0 Å². The molecule has 0 aromatic heterocycles. The highest BCUT2D eigenvalue weighted by Crippen LogP contribution is 2.07. The summed E-state index contributed by atoms with van der Waals surface area (Å²) in [7, 11) is 0. The van der Waals surface area contributed by atoms with Gasteiger partial charge in [0.05, 0.1) is 13.2 Å². The van der Waals surface area contributed by atoms with Crippen LogP contribution >= 0.6 is 0 Å². The first-order valence-corrected chi connectivity index (χ1v) is 4.39. The van der Waals surface area contributed by atoms with Crippen LogP contribution in [0.25, 0.3) is 0 Å². The second-order valence-electron chi connectivity index (χ2n) is 3.10. The molecule has 0 spiro atoms. The predicted molar refractivity (Wildman–Crippen MR) is 46.3 cm³/mol. The quantitative estimate of drug-likeness (QED) is 0.308. The van der Waals surface area contributed by atoms with Gasteiger partial charge in [-0.15, -0.1) is 0 Å². The highest BCUT2D eigenvalue weighted by Gasteiger charge is 2.33. The lowest BCUT2D eigenvalue weighted by Gasteiger charge is -2.24. The summed E-state index contributed by atoms with van der Waals surface area (Å²) >= 11 is 0. The minimum atomic E-state index is -1.94. The topological polar surface area (TPSA) is 138 Å². The van der Waals surface area contributed by atoms with Crippen LogP contribution in [0.5, 0.6) is 0 Å². The molecule has 0 aromatic rings. The summed E-state index contributed by atoms with van der Waals surface area (Å²) in [6.07, 6.45) is -7.84. The Kier molecular flexibility index (Phi) is 6.57. The largest absolute Gasteiger partial charge is 0.394 e. The van der Waals surface area contributed by atoms with Gasteiger partial charge >= 0.3 is 0 Å². The Morgan fingerprint density at radius 3 is 2.00 bits per heavy atom. The van der Waals surface area contributed by atoms with Crippen molar-refractivity contribution in [2.75, 3.05) is 13.2 Å². The highest BCUT2D eigenvalue weighted by atomic mass is 16.4. The van der Waals surface area contributed by atoms with Crippen molar-refractivity contribution in [3.8, 4) is 0 Å². The van der Waals surface area contributed by atoms with Crippen molar-refractivity contribution in [1.29, 1.82) is 0 Å². The average Bonchev–Trinajstić information content (AvgIpc) is 2.25. The molecule has 0 fully saturated rings. The van der Waals surface area contributed by atoms with Crippen LogP contribution in [0.15, 0.2) is 0 Å². The number of hydrogen-bond acceptors (Lipinski definition) is 6. The van der Waals surface area contributed by atoms with Gasteiger partial charge in [-0.2, -0.15) is 0 Å². The van der Waals surface area contributed by atoms with E-state index in [9.17, 15) is 15.0 Å². The van der Waals surface area contributed by atoms with Gasteiger partial charge < -0.3 is 25.5 Å². The maximum Gasteiger partial charge on any atom is 0.166 e. The van der Waals surface area contributed by atoms with Crippen LogP contribution in [-0.2, 0) is 9.90 Å². The van der Waals surface area contributed by atoms with E-state index in [4.69, 9.17) is 20.4 Å². The molecule has 0 unspecified atom stereocenters. The molecular weight excluding hydrogens is 208 g/mol. The van der Waals surface area contributed by atoms with E-state index in [1.54, 1.807) is 0 Å². The Morgan fingerprint density at radius 1 is 1.07 bits per heavy atom. The summed E-state index contributed by atoms with van der Waals surface area (Å²) in [5.41, 5.74) is 0. The number of Topliss-reactive ketones (excluding diaryl/α,β-unsaturated/α-hetero) is 1. The Labute approximate surface area is 86.2 Å². The third-order valence-corrected chi connectivity index (χ3v) is 1.93. The van der Waals surface area contributed by atoms with Gasteiger partial charge in [0, 0.05) is 6.42 Å². The molecular formula is C8H15O7. The van der Waals surface area contributed by atoms with Crippen molar-refractivity contribution in [3.05, 3.63) is 0 Å². The Balaban J connectivity index is 4.29. The van der Waals surface area contributed by atoms with Crippen LogP contribution in [0.2, 0.25) is 0 Å². The summed E-state index contributed by atoms with van der Waals surface area (Å²) in [4.78, 5) is 10.9. The molecule has 0 aromatic carbocycles. The molecule has 7 nitrogen and oxygen atoms in total. The second-order valence-corrected chi connectivity index (χ2v) is 3.10. The third kappa shape index (κ3) is 4.20. The number of carbonyl (C=O) groups is 1. The van der Waals surface area contributed by atoms with Crippen molar-refractivity contribution in [3.63, 3.8) is 0 Å². The normalized spacial score (nSPS) is 19.3. The van der Waals surface area contributed by atoms with Crippen LogP contribution in [0, 0.1) is 0 Å². The molecule has 15 heavy (non-hydrogen) atoms. The van der Waals surface area contributed by atoms with E-state index >= 15 is 0 Å². The van der Waals surface area contributed by atoms with Gasteiger partial charge in [0.15, 0.2) is 5.78 Å². The number of aliphatic hydroxyl groups is 5. The van der Waals surface area contributed by atoms with Gasteiger partial charge in [-0.3, -0.25) is 4.79 Å². The molecule has 0 amide bonds. The second kappa shape index (κ2) is 6.83. The minimum absolute atomic E-state index is 0.472. The molecule has 0 saturated heterocycles. The van der Waals surface area contributed by atoms with E-state index in [2.05, 4.69) is 0 Å². The summed E-state index contributed by atoms with van der Waals surface area (Å²) in [6, 6.07) is 0. The van der Waals surface area contributed by atoms with Crippen molar-refractivity contribution in [1.82, 2.24) is 0 Å². The molecule has 0 bridgehead atoms. The summed E-state index contributed by atoms with van der Waals surface area (Å²) < 4.78 is 0. The predicted octanol–water partition coefficient (Wildman–Crippen LogP) is -3.19. The van der Waals surface area contributed by atoms with Crippen molar-refractivity contribution < 1.29 is 35.4 Å². The zero-order chi connectivity index (χ0) is 12.0. The lowest BCUT2D eigenvalue weighted by molar-refractivity contribution is -0.147. The number of aliphatic hydroxyl groups excluding tert-OH is 5. The summed E-state index contributed by atoms with van der Waals surface area (Å²) in [6.45, 7) is -1.55. The number of rotatable bonds is 7. The first-order chi connectivity index (χ1) is 6.95. The number of ketones is 1. The zero-order valence-electron chi connectivity index (χ0n) is 7.98. The lowest BCUT2D eigenvalue weighted by atomic mass is 9.99. The molecule has 0 aliphatic rings. The minimum Gasteiger partial charge on any atom is -0.394 e. The van der Waals surface area contributed by atoms with Crippen LogP contribution < -0.4 is 0 Å². The maximum atomic E-state index is 10.9. The average molecular weight is 223 g/mol. The molecule has 7 heteroatoms. The molecule has 4 atom stereocenters. The molecule has 0 aliphatic carbocycles. The summed E-state index contributed by atoms with van der Waals surface area (Å²) in [5, 5.41) is 54.9. The zero-order valence-corrected chi connectivity index (χ0v) is 7.98. The maximum absolute atomic E-state index is 10.9. The van der Waals surface area contributed by atoms with Crippen molar-refractivity contribution >= 4 is 5.78 Å². The van der Waals surface area contributed by atoms with E-state index < -0.39 is 49.8 Å². The molecule has 1 radical (unpaired) electrons. The van der Waals surface area contributed by atoms with Crippen LogP contribution in [0.1, 0.15) is 6.42 Å². The van der Waals surface area contributed by atoms with Crippen LogP contribution in [0.4, 0.5) is 0 Å². The number of hydrogen-bond donors (Lipinski definition) is 5. The van der Waals surface area contributed by atoms with Crippen LogP contribution in [-0.4, -0.2) is 68.9 Å². The number of carbonyl (C=O) groups excluding carboxylic acids is 1. The van der Waals surface area contributed by atoms with Gasteiger partial charge in [0.2, 0.25) is 0 Å². The SMILES string of the molecule is [O]CCC(=O)[C@H](O)[C@@H](O)[C@H](O)[C@H](O)CO. The van der Waals surface area contributed by atoms with Crippen LogP contribution in [0.3, 0.4) is 0 Å². The monoisotopic (exact) mass is 223 g/mol. The highest BCUT2D eigenvalue weighted by molar-refractivity contribution is 5.83. The Hall–Kier alpha value is -0.570. The molecule has 0 rings (SSSR count). The fraction of sp³-hybridized carbons (Fsp3) is 0.875. The van der Waals surface area contributed by atoms with E-state index in [1.807, 2.05) is 0 Å².